The monoisotopic (exact) mass is 213 g/mol. The largest absolute Gasteiger partial charge is 0.393 e. The van der Waals surface area contributed by atoms with Crippen molar-refractivity contribution in [2.24, 2.45) is 11.8 Å². The summed E-state index contributed by atoms with van der Waals surface area (Å²) in [7, 11) is 1.77. The van der Waals surface area contributed by atoms with Gasteiger partial charge in [0.1, 0.15) is 0 Å². The average molecular weight is 213 g/mol. The van der Waals surface area contributed by atoms with Crippen molar-refractivity contribution >= 4 is 0 Å². The minimum absolute atomic E-state index is 0.0695. The van der Waals surface area contributed by atoms with E-state index in [1.165, 1.54) is 25.7 Å². The van der Waals surface area contributed by atoms with Crippen molar-refractivity contribution in [1.29, 1.82) is 0 Å². The molecule has 0 heterocycles. The molecular weight excluding hydrogens is 190 g/mol. The van der Waals surface area contributed by atoms with Crippen molar-refractivity contribution in [3.8, 4) is 0 Å². The van der Waals surface area contributed by atoms with Crippen molar-refractivity contribution < 1.29 is 9.84 Å². The highest BCUT2D eigenvalue weighted by molar-refractivity contribution is 4.88. The number of hydrogen-bond donors (Lipinski definition) is 2. The molecule has 0 saturated heterocycles. The van der Waals surface area contributed by atoms with Gasteiger partial charge in [0.15, 0.2) is 0 Å². The summed E-state index contributed by atoms with van der Waals surface area (Å²) >= 11 is 0. The number of aliphatic hydroxyl groups is 1. The van der Waals surface area contributed by atoms with Crippen LogP contribution in [0.4, 0.5) is 0 Å². The van der Waals surface area contributed by atoms with Crippen LogP contribution in [0.15, 0.2) is 0 Å². The number of aliphatic hydroxyl groups excluding tert-OH is 1. The summed E-state index contributed by atoms with van der Waals surface area (Å²) < 4.78 is 5.22. The molecule has 3 heteroatoms. The van der Waals surface area contributed by atoms with E-state index in [0.717, 1.165) is 25.5 Å². The summed E-state index contributed by atoms with van der Waals surface area (Å²) in [5, 5.41) is 13.3. The SMILES string of the molecule is COCC(NCC1CCCC1O)C1CC1. The molecule has 0 aromatic heterocycles. The molecule has 0 aromatic rings. The molecule has 88 valence electrons. The molecule has 3 nitrogen and oxygen atoms in total. The second-order valence-corrected chi connectivity index (χ2v) is 5.07. The molecule has 15 heavy (non-hydrogen) atoms. The van der Waals surface area contributed by atoms with Crippen LogP contribution in [0.1, 0.15) is 32.1 Å². The van der Waals surface area contributed by atoms with E-state index in [4.69, 9.17) is 4.74 Å². The Morgan fingerprint density at radius 2 is 2.13 bits per heavy atom. The molecule has 0 radical (unpaired) electrons. The topological polar surface area (TPSA) is 41.5 Å². The van der Waals surface area contributed by atoms with Gasteiger partial charge in [-0.2, -0.15) is 0 Å². The lowest BCUT2D eigenvalue weighted by Crippen LogP contribution is -2.39. The van der Waals surface area contributed by atoms with E-state index in [2.05, 4.69) is 5.32 Å². The van der Waals surface area contributed by atoms with Gasteiger partial charge in [0, 0.05) is 19.7 Å². The summed E-state index contributed by atoms with van der Waals surface area (Å²) in [5.41, 5.74) is 0. The van der Waals surface area contributed by atoms with Gasteiger partial charge in [-0.25, -0.2) is 0 Å². The fraction of sp³-hybridized carbons (Fsp3) is 1.00. The van der Waals surface area contributed by atoms with Crippen LogP contribution in [-0.4, -0.2) is 37.5 Å². The molecule has 2 fully saturated rings. The van der Waals surface area contributed by atoms with Gasteiger partial charge >= 0.3 is 0 Å². The Labute approximate surface area is 92.2 Å². The predicted octanol–water partition coefficient (Wildman–Crippen LogP) is 1.16. The van der Waals surface area contributed by atoms with Crippen LogP contribution >= 0.6 is 0 Å². The van der Waals surface area contributed by atoms with Crippen LogP contribution in [0.25, 0.3) is 0 Å². The number of hydrogen-bond acceptors (Lipinski definition) is 3. The maximum absolute atomic E-state index is 9.71. The summed E-state index contributed by atoms with van der Waals surface area (Å²) in [5.74, 6) is 1.30. The summed E-state index contributed by atoms with van der Waals surface area (Å²) in [6.45, 7) is 1.78. The lowest BCUT2D eigenvalue weighted by atomic mass is 10.1. The summed E-state index contributed by atoms with van der Waals surface area (Å²) in [6.07, 6.45) is 5.97. The van der Waals surface area contributed by atoms with Crippen LogP contribution in [0.3, 0.4) is 0 Å². The van der Waals surface area contributed by atoms with Gasteiger partial charge in [-0.1, -0.05) is 6.42 Å². The molecule has 2 rings (SSSR count). The van der Waals surface area contributed by atoms with Crippen LogP contribution in [-0.2, 0) is 4.74 Å². The van der Waals surface area contributed by atoms with Gasteiger partial charge in [-0.15, -0.1) is 0 Å². The molecule has 0 bridgehead atoms. The standard InChI is InChI=1S/C12H23NO2/c1-15-8-11(9-5-6-9)13-7-10-3-2-4-12(10)14/h9-14H,2-8H2,1H3. The lowest BCUT2D eigenvalue weighted by Gasteiger charge is -2.21. The molecule has 2 saturated carbocycles. The molecule has 2 aliphatic rings. The second kappa shape index (κ2) is 5.28. The van der Waals surface area contributed by atoms with Gasteiger partial charge in [0.25, 0.3) is 0 Å². The van der Waals surface area contributed by atoms with Crippen molar-refractivity contribution in [1.82, 2.24) is 5.32 Å². The van der Waals surface area contributed by atoms with E-state index >= 15 is 0 Å². The first kappa shape index (κ1) is 11.4. The average Bonchev–Trinajstić information content (AvgIpc) is 2.98. The summed E-state index contributed by atoms with van der Waals surface area (Å²) in [6, 6.07) is 0.516. The maximum Gasteiger partial charge on any atom is 0.0618 e. The highest BCUT2D eigenvalue weighted by atomic mass is 16.5. The number of rotatable bonds is 6. The van der Waals surface area contributed by atoms with Crippen molar-refractivity contribution in [3.05, 3.63) is 0 Å². The Balaban J connectivity index is 1.70. The Morgan fingerprint density at radius 1 is 1.33 bits per heavy atom. The van der Waals surface area contributed by atoms with Crippen LogP contribution < -0.4 is 5.32 Å². The van der Waals surface area contributed by atoms with E-state index in [-0.39, 0.29) is 6.10 Å². The summed E-state index contributed by atoms with van der Waals surface area (Å²) in [4.78, 5) is 0. The first-order chi connectivity index (χ1) is 7.31. The van der Waals surface area contributed by atoms with E-state index in [1.807, 2.05) is 0 Å². The Hall–Kier alpha value is -0.120. The Morgan fingerprint density at radius 3 is 2.67 bits per heavy atom. The third-order valence-corrected chi connectivity index (χ3v) is 3.80. The quantitative estimate of drug-likeness (QED) is 0.696. The normalized spacial score (nSPS) is 33.2. The molecule has 2 aliphatic carbocycles. The van der Waals surface area contributed by atoms with Crippen LogP contribution in [0.2, 0.25) is 0 Å². The molecule has 0 aromatic carbocycles. The van der Waals surface area contributed by atoms with Crippen molar-refractivity contribution in [3.63, 3.8) is 0 Å². The van der Waals surface area contributed by atoms with Gasteiger partial charge < -0.3 is 15.2 Å². The Kier molecular flexibility index (Phi) is 4.00. The first-order valence-electron chi connectivity index (χ1n) is 6.21. The number of ether oxygens (including phenoxy) is 1. The lowest BCUT2D eigenvalue weighted by molar-refractivity contribution is 0.118. The highest BCUT2D eigenvalue weighted by Crippen LogP contribution is 2.33. The second-order valence-electron chi connectivity index (χ2n) is 5.07. The third-order valence-electron chi connectivity index (χ3n) is 3.80. The highest BCUT2D eigenvalue weighted by Gasteiger charge is 2.32. The molecule has 2 N–H and O–H groups in total. The van der Waals surface area contributed by atoms with E-state index in [1.54, 1.807) is 7.11 Å². The minimum atomic E-state index is -0.0695. The minimum Gasteiger partial charge on any atom is -0.393 e. The third kappa shape index (κ3) is 3.16. The zero-order valence-corrected chi connectivity index (χ0v) is 9.61. The molecule has 0 aliphatic heterocycles. The zero-order chi connectivity index (χ0) is 10.7. The van der Waals surface area contributed by atoms with Crippen LogP contribution in [0.5, 0.6) is 0 Å². The van der Waals surface area contributed by atoms with Gasteiger partial charge in [0.2, 0.25) is 0 Å². The fourth-order valence-electron chi connectivity index (χ4n) is 2.60. The van der Waals surface area contributed by atoms with Crippen molar-refractivity contribution in [2.75, 3.05) is 20.3 Å². The number of methoxy groups -OCH3 is 1. The molecule has 3 atom stereocenters. The molecular formula is C12H23NO2. The van der Waals surface area contributed by atoms with Crippen molar-refractivity contribution in [2.45, 2.75) is 44.2 Å². The first-order valence-corrected chi connectivity index (χ1v) is 6.21. The Bertz CT molecular complexity index is 194. The maximum atomic E-state index is 9.71. The fourth-order valence-corrected chi connectivity index (χ4v) is 2.60. The van der Waals surface area contributed by atoms with Gasteiger partial charge in [-0.05, 0) is 37.5 Å². The molecule has 0 amide bonds. The van der Waals surface area contributed by atoms with E-state index in [9.17, 15) is 5.11 Å². The zero-order valence-electron chi connectivity index (χ0n) is 9.61. The molecule has 0 spiro atoms. The molecule has 3 unspecified atom stereocenters. The van der Waals surface area contributed by atoms with E-state index < -0.39 is 0 Å². The number of nitrogens with one attached hydrogen (secondary N) is 1. The van der Waals surface area contributed by atoms with Crippen LogP contribution in [0, 0.1) is 11.8 Å². The predicted molar refractivity (Wildman–Crippen MR) is 59.7 cm³/mol. The smallest absolute Gasteiger partial charge is 0.0618 e. The van der Waals surface area contributed by atoms with E-state index in [0.29, 0.717) is 12.0 Å². The van der Waals surface area contributed by atoms with Gasteiger partial charge in [-0.3, -0.25) is 0 Å². The van der Waals surface area contributed by atoms with Gasteiger partial charge in [0.05, 0.1) is 12.7 Å².